The zero-order valence-electron chi connectivity index (χ0n) is 17.6. The number of hydrogen-bond acceptors (Lipinski definition) is 4. The van der Waals surface area contributed by atoms with E-state index in [1.165, 1.54) is 10.7 Å². The van der Waals surface area contributed by atoms with Gasteiger partial charge in [0, 0.05) is 22.8 Å². The quantitative estimate of drug-likeness (QED) is 0.386. The fourth-order valence-electron chi connectivity index (χ4n) is 3.13. The molecule has 0 saturated carbocycles. The molecule has 0 bridgehead atoms. The molecule has 2 aromatic carbocycles. The van der Waals surface area contributed by atoms with Crippen LogP contribution in [0.1, 0.15) is 33.0 Å². The maximum absolute atomic E-state index is 14.0. The third-order valence-electron chi connectivity index (χ3n) is 4.86. The number of nitrogens with one attached hydrogen (secondary N) is 1. The summed E-state index contributed by atoms with van der Waals surface area (Å²) < 4.78 is 26.9. The van der Waals surface area contributed by atoms with Gasteiger partial charge in [0.25, 0.3) is 5.91 Å². The molecule has 4 aromatic rings. The number of nitrogens with zero attached hydrogens (tertiary/aromatic N) is 2. The molecule has 0 fully saturated rings. The summed E-state index contributed by atoms with van der Waals surface area (Å²) >= 11 is 6.06. The molecule has 0 unspecified atom stereocenters. The first-order valence-electron chi connectivity index (χ1n) is 9.95. The highest BCUT2D eigenvalue weighted by molar-refractivity contribution is 6.31. The summed E-state index contributed by atoms with van der Waals surface area (Å²) in [6.07, 6.45) is 1.63. The molecule has 0 aliphatic rings. The Morgan fingerprint density at radius 1 is 1.19 bits per heavy atom. The highest BCUT2D eigenvalue weighted by Gasteiger charge is 2.14. The van der Waals surface area contributed by atoms with Crippen LogP contribution in [0.15, 0.2) is 65.2 Å². The van der Waals surface area contributed by atoms with Crippen LogP contribution in [0.3, 0.4) is 0 Å². The molecule has 2 heterocycles. The second-order valence-corrected chi connectivity index (χ2v) is 7.78. The first-order chi connectivity index (χ1) is 15.4. The van der Waals surface area contributed by atoms with Gasteiger partial charge in [0.2, 0.25) is 0 Å². The minimum Gasteiger partial charge on any atom is -0.485 e. The molecular formula is C24H21ClFN3O3. The number of benzene rings is 2. The van der Waals surface area contributed by atoms with E-state index in [0.29, 0.717) is 22.2 Å². The van der Waals surface area contributed by atoms with Gasteiger partial charge in [-0.1, -0.05) is 29.8 Å². The Morgan fingerprint density at radius 2 is 2.03 bits per heavy atom. The van der Waals surface area contributed by atoms with Gasteiger partial charge >= 0.3 is 0 Å². The molecule has 0 saturated heterocycles. The maximum Gasteiger partial charge on any atom is 0.292 e. The Bertz CT molecular complexity index is 1240. The largest absolute Gasteiger partial charge is 0.485 e. The van der Waals surface area contributed by atoms with Crippen LogP contribution in [-0.2, 0) is 13.2 Å². The third-order valence-corrected chi connectivity index (χ3v) is 5.22. The van der Waals surface area contributed by atoms with Crippen LogP contribution in [0.4, 0.5) is 10.2 Å². The Morgan fingerprint density at radius 3 is 2.84 bits per heavy atom. The van der Waals surface area contributed by atoms with Crippen molar-refractivity contribution in [3.8, 4) is 5.75 Å². The number of aromatic nitrogens is 2. The van der Waals surface area contributed by atoms with Crippen LogP contribution in [0.5, 0.6) is 5.75 Å². The smallest absolute Gasteiger partial charge is 0.292 e. The molecule has 0 aliphatic heterocycles. The number of furan rings is 1. The summed E-state index contributed by atoms with van der Waals surface area (Å²) in [7, 11) is 0. The van der Waals surface area contributed by atoms with Crippen LogP contribution in [0.25, 0.3) is 0 Å². The van der Waals surface area contributed by atoms with Crippen LogP contribution in [0, 0.1) is 19.7 Å². The van der Waals surface area contributed by atoms with Crippen molar-refractivity contribution in [3.63, 3.8) is 0 Å². The van der Waals surface area contributed by atoms with Gasteiger partial charge in [0.1, 0.15) is 23.9 Å². The molecule has 2 aromatic heterocycles. The second kappa shape index (κ2) is 9.28. The van der Waals surface area contributed by atoms with Crippen LogP contribution in [0.2, 0.25) is 5.02 Å². The number of rotatable bonds is 7. The Hall–Kier alpha value is -3.58. The molecule has 6 nitrogen and oxygen atoms in total. The predicted octanol–water partition coefficient (Wildman–Crippen LogP) is 5.77. The molecule has 8 heteroatoms. The number of halogens is 2. The van der Waals surface area contributed by atoms with Crippen molar-refractivity contribution in [1.82, 2.24) is 9.78 Å². The lowest BCUT2D eigenvalue weighted by atomic mass is 10.1. The normalized spacial score (nSPS) is 10.9. The number of anilines is 1. The Balaban J connectivity index is 1.37. The van der Waals surface area contributed by atoms with E-state index < -0.39 is 11.7 Å². The minimum absolute atomic E-state index is 0.135. The lowest BCUT2D eigenvalue weighted by Crippen LogP contribution is -2.12. The first kappa shape index (κ1) is 21.6. The van der Waals surface area contributed by atoms with Gasteiger partial charge in [-0.25, -0.2) is 4.39 Å². The van der Waals surface area contributed by atoms with Crippen molar-refractivity contribution in [2.24, 2.45) is 0 Å². The molecule has 0 atom stereocenters. The number of carbonyl (C=O) groups excluding carboxylic acids is 1. The summed E-state index contributed by atoms with van der Waals surface area (Å²) in [5.74, 6) is 0.883. The van der Waals surface area contributed by atoms with Crippen LogP contribution >= 0.6 is 11.6 Å². The summed E-state index contributed by atoms with van der Waals surface area (Å²) in [5, 5.41) is 7.23. The van der Waals surface area contributed by atoms with Crippen molar-refractivity contribution in [3.05, 3.63) is 99.8 Å². The molecule has 1 N–H and O–H groups in total. The van der Waals surface area contributed by atoms with Gasteiger partial charge in [-0.05, 0) is 55.3 Å². The minimum atomic E-state index is -0.447. The lowest BCUT2D eigenvalue weighted by molar-refractivity contribution is 0.0992. The average Bonchev–Trinajstić information content (AvgIpc) is 3.41. The first-order valence-corrected chi connectivity index (χ1v) is 10.3. The fraction of sp³-hybridized carbons (Fsp3) is 0.167. The highest BCUT2D eigenvalue weighted by Crippen LogP contribution is 2.22. The van der Waals surface area contributed by atoms with E-state index in [9.17, 15) is 9.18 Å². The van der Waals surface area contributed by atoms with E-state index in [4.69, 9.17) is 20.8 Å². The van der Waals surface area contributed by atoms with Crippen molar-refractivity contribution in [2.45, 2.75) is 27.0 Å². The number of carbonyl (C=O) groups is 1. The molecule has 0 radical (unpaired) electrons. The third kappa shape index (κ3) is 5.00. The molecule has 0 spiro atoms. The van der Waals surface area contributed by atoms with E-state index >= 15 is 0 Å². The number of amides is 1. The molecule has 164 valence electrons. The Kier molecular flexibility index (Phi) is 6.28. The van der Waals surface area contributed by atoms with Gasteiger partial charge in [-0.2, -0.15) is 5.10 Å². The van der Waals surface area contributed by atoms with Crippen LogP contribution in [-0.4, -0.2) is 15.7 Å². The van der Waals surface area contributed by atoms with Gasteiger partial charge in [-0.3, -0.25) is 9.48 Å². The van der Waals surface area contributed by atoms with E-state index in [1.807, 2.05) is 32.0 Å². The zero-order chi connectivity index (χ0) is 22.7. The molecule has 4 rings (SSSR count). The van der Waals surface area contributed by atoms with E-state index in [1.54, 1.807) is 36.5 Å². The summed E-state index contributed by atoms with van der Waals surface area (Å²) in [5.41, 5.74) is 2.45. The van der Waals surface area contributed by atoms with Crippen molar-refractivity contribution >= 4 is 23.3 Å². The second-order valence-electron chi connectivity index (χ2n) is 7.38. The lowest BCUT2D eigenvalue weighted by Gasteiger charge is -2.08. The Labute approximate surface area is 189 Å². The average molecular weight is 454 g/mol. The fourth-order valence-corrected chi connectivity index (χ4v) is 3.35. The summed E-state index contributed by atoms with van der Waals surface area (Å²) in [6, 6.07) is 15.3. The molecular weight excluding hydrogens is 433 g/mol. The van der Waals surface area contributed by atoms with Crippen molar-refractivity contribution < 1.29 is 18.3 Å². The van der Waals surface area contributed by atoms with Crippen LogP contribution < -0.4 is 10.1 Å². The number of aryl methyl sites for hydroxylation is 2. The predicted molar refractivity (Wildman–Crippen MR) is 120 cm³/mol. The topological polar surface area (TPSA) is 69.3 Å². The van der Waals surface area contributed by atoms with Gasteiger partial charge < -0.3 is 14.5 Å². The number of ether oxygens (including phenoxy) is 1. The van der Waals surface area contributed by atoms with Gasteiger partial charge in [0.15, 0.2) is 11.6 Å². The van der Waals surface area contributed by atoms with E-state index in [2.05, 4.69) is 10.4 Å². The monoisotopic (exact) mass is 453 g/mol. The molecule has 32 heavy (non-hydrogen) atoms. The number of hydrogen-bond donors (Lipinski definition) is 1. The highest BCUT2D eigenvalue weighted by atomic mass is 35.5. The van der Waals surface area contributed by atoms with E-state index in [0.717, 1.165) is 16.9 Å². The zero-order valence-corrected chi connectivity index (χ0v) is 18.3. The van der Waals surface area contributed by atoms with Gasteiger partial charge in [-0.15, -0.1) is 0 Å². The van der Waals surface area contributed by atoms with Crippen molar-refractivity contribution in [2.75, 3.05) is 5.32 Å². The van der Waals surface area contributed by atoms with Gasteiger partial charge in [0.05, 0.1) is 6.54 Å². The van der Waals surface area contributed by atoms with Crippen molar-refractivity contribution in [1.29, 1.82) is 0 Å². The SMILES string of the molecule is Cc1ccc(C)c(OCc2ccc(C(=O)Nc3ccn(Cc4c(F)cccc4Cl)n3)o2)c1. The standard InChI is InChI=1S/C24H21ClFN3O3/c1-15-6-7-16(2)22(12-15)31-14-17-8-9-21(32-17)24(30)27-23-10-11-29(28-23)13-18-19(25)4-3-5-20(18)26/h3-12H,13-14H2,1-2H3,(H,27,28,30). The molecule has 0 aliphatic carbocycles. The summed E-state index contributed by atoms with van der Waals surface area (Å²) in [4.78, 5) is 12.5. The maximum atomic E-state index is 14.0. The van der Waals surface area contributed by atoms with E-state index in [-0.39, 0.29) is 18.9 Å². The molecule has 1 amide bonds. The summed E-state index contributed by atoms with van der Waals surface area (Å²) in [6.45, 7) is 4.31.